The zero-order valence-corrected chi connectivity index (χ0v) is 17.7. The first-order valence-electron chi connectivity index (χ1n) is 10.6. The molecule has 1 heterocycles. The van der Waals surface area contributed by atoms with E-state index in [0.717, 1.165) is 41.1 Å². The van der Waals surface area contributed by atoms with E-state index in [1.807, 2.05) is 66.7 Å². The van der Waals surface area contributed by atoms with Crippen LogP contribution < -0.4 is 15.4 Å². The van der Waals surface area contributed by atoms with Gasteiger partial charge in [-0.3, -0.25) is 14.6 Å². The number of benzene rings is 2. The molecule has 1 aliphatic rings. The van der Waals surface area contributed by atoms with Crippen LogP contribution in [0.1, 0.15) is 29.7 Å². The second kappa shape index (κ2) is 10.4. The van der Waals surface area contributed by atoms with Gasteiger partial charge < -0.3 is 15.4 Å². The Hall–Kier alpha value is -3.93. The van der Waals surface area contributed by atoms with E-state index < -0.39 is 0 Å². The zero-order valence-electron chi connectivity index (χ0n) is 17.7. The quantitative estimate of drug-likeness (QED) is 0.498. The number of pyridine rings is 1. The van der Waals surface area contributed by atoms with Crippen LogP contribution in [0.3, 0.4) is 0 Å². The van der Waals surface area contributed by atoms with E-state index >= 15 is 0 Å². The van der Waals surface area contributed by atoms with Crippen molar-refractivity contribution in [2.75, 3.05) is 5.32 Å². The van der Waals surface area contributed by atoms with Gasteiger partial charge in [0.1, 0.15) is 12.4 Å². The van der Waals surface area contributed by atoms with E-state index in [-0.39, 0.29) is 17.7 Å². The van der Waals surface area contributed by atoms with Crippen LogP contribution >= 0.6 is 0 Å². The van der Waals surface area contributed by atoms with Crippen LogP contribution in [0.5, 0.6) is 5.75 Å². The number of hydrogen-bond acceptors (Lipinski definition) is 4. The van der Waals surface area contributed by atoms with Gasteiger partial charge in [-0.1, -0.05) is 30.3 Å². The van der Waals surface area contributed by atoms with Crippen molar-refractivity contribution in [3.63, 3.8) is 0 Å². The van der Waals surface area contributed by atoms with Crippen molar-refractivity contribution in [1.29, 1.82) is 0 Å². The molecule has 0 aliphatic heterocycles. The fourth-order valence-electron chi connectivity index (χ4n) is 3.08. The van der Waals surface area contributed by atoms with Crippen molar-refractivity contribution in [2.24, 2.45) is 5.92 Å². The van der Waals surface area contributed by atoms with Crippen LogP contribution in [0, 0.1) is 5.92 Å². The lowest BCUT2D eigenvalue weighted by molar-refractivity contribution is -0.117. The van der Waals surface area contributed by atoms with E-state index in [1.165, 1.54) is 6.08 Å². The number of nitrogens with zero attached hydrogens (tertiary/aromatic N) is 1. The third-order valence-electron chi connectivity index (χ3n) is 5.03. The molecule has 2 N–H and O–H groups in total. The van der Waals surface area contributed by atoms with Crippen molar-refractivity contribution in [3.05, 3.63) is 95.8 Å². The summed E-state index contributed by atoms with van der Waals surface area (Å²) >= 11 is 0. The Balaban J connectivity index is 1.23. The Morgan fingerprint density at radius 1 is 1.03 bits per heavy atom. The maximum Gasteiger partial charge on any atom is 0.244 e. The number of hydrogen-bond donors (Lipinski definition) is 2. The van der Waals surface area contributed by atoms with E-state index in [9.17, 15) is 9.59 Å². The first kappa shape index (κ1) is 21.3. The summed E-state index contributed by atoms with van der Waals surface area (Å²) in [7, 11) is 0. The summed E-state index contributed by atoms with van der Waals surface area (Å²) in [5.74, 6) is 0.783. The minimum Gasteiger partial charge on any atom is -0.487 e. The summed E-state index contributed by atoms with van der Waals surface area (Å²) in [5.41, 5.74) is 3.45. The van der Waals surface area contributed by atoms with E-state index in [4.69, 9.17) is 4.74 Å². The summed E-state index contributed by atoms with van der Waals surface area (Å²) in [6.07, 6.45) is 6.93. The third kappa shape index (κ3) is 6.54. The summed E-state index contributed by atoms with van der Waals surface area (Å²) in [6, 6.07) is 20.7. The smallest absolute Gasteiger partial charge is 0.244 e. The average Bonchev–Trinajstić information content (AvgIpc) is 3.67. The fraction of sp³-hybridized carbons (Fsp3) is 0.192. The van der Waals surface area contributed by atoms with Crippen LogP contribution in [-0.2, 0) is 22.7 Å². The van der Waals surface area contributed by atoms with E-state index in [0.29, 0.717) is 13.2 Å². The second-order valence-corrected chi connectivity index (χ2v) is 7.69. The molecule has 6 heteroatoms. The standard InChI is InChI=1S/C26H25N3O3/c30-25(28-17-20-4-3-6-22(16-20)29-26(31)21-10-11-21)14-9-19-7-12-24(13-8-19)32-18-23-5-1-2-15-27-23/h1-9,12-16,21H,10-11,17-18H2,(H,28,30)(H,29,31). The minimum absolute atomic E-state index is 0.0715. The molecule has 2 amide bonds. The Kier molecular flexibility index (Phi) is 6.92. The number of nitrogens with one attached hydrogen (secondary N) is 2. The van der Waals surface area contributed by atoms with Gasteiger partial charge in [0, 0.05) is 30.4 Å². The van der Waals surface area contributed by atoms with E-state index in [2.05, 4.69) is 15.6 Å². The predicted molar refractivity (Wildman–Crippen MR) is 124 cm³/mol. The summed E-state index contributed by atoms with van der Waals surface area (Å²) in [6.45, 7) is 0.792. The molecule has 2 aromatic carbocycles. The van der Waals surface area contributed by atoms with Crippen molar-refractivity contribution in [1.82, 2.24) is 10.3 Å². The molecule has 0 spiro atoms. The van der Waals surface area contributed by atoms with Gasteiger partial charge >= 0.3 is 0 Å². The monoisotopic (exact) mass is 427 g/mol. The molecule has 1 fully saturated rings. The number of carbonyl (C=O) groups excluding carboxylic acids is 2. The number of amides is 2. The zero-order chi connectivity index (χ0) is 22.2. The fourth-order valence-corrected chi connectivity index (χ4v) is 3.08. The molecule has 6 nitrogen and oxygen atoms in total. The lowest BCUT2D eigenvalue weighted by Gasteiger charge is -2.07. The minimum atomic E-state index is -0.187. The highest BCUT2D eigenvalue weighted by molar-refractivity contribution is 5.94. The van der Waals surface area contributed by atoms with Crippen LogP contribution in [0.2, 0.25) is 0 Å². The Morgan fingerprint density at radius 2 is 1.88 bits per heavy atom. The molecule has 0 atom stereocenters. The highest BCUT2D eigenvalue weighted by Crippen LogP contribution is 2.30. The first-order valence-corrected chi connectivity index (χ1v) is 10.6. The number of carbonyl (C=O) groups is 2. The lowest BCUT2D eigenvalue weighted by Crippen LogP contribution is -2.20. The second-order valence-electron chi connectivity index (χ2n) is 7.69. The molecular weight excluding hydrogens is 402 g/mol. The molecule has 1 aromatic heterocycles. The van der Waals surface area contributed by atoms with Gasteiger partial charge in [0.2, 0.25) is 11.8 Å². The largest absolute Gasteiger partial charge is 0.487 e. The lowest BCUT2D eigenvalue weighted by atomic mass is 10.2. The summed E-state index contributed by atoms with van der Waals surface area (Å²) < 4.78 is 5.72. The summed E-state index contributed by atoms with van der Waals surface area (Å²) in [4.78, 5) is 28.3. The number of ether oxygens (including phenoxy) is 1. The third-order valence-corrected chi connectivity index (χ3v) is 5.03. The van der Waals surface area contributed by atoms with Crippen LogP contribution in [0.25, 0.3) is 6.08 Å². The molecule has 32 heavy (non-hydrogen) atoms. The first-order chi connectivity index (χ1) is 15.7. The van der Waals surface area contributed by atoms with Crippen LogP contribution in [0.4, 0.5) is 5.69 Å². The molecule has 1 saturated carbocycles. The van der Waals surface area contributed by atoms with Crippen molar-refractivity contribution >= 4 is 23.6 Å². The van der Waals surface area contributed by atoms with Gasteiger partial charge in [0.15, 0.2) is 0 Å². The molecule has 4 rings (SSSR count). The molecular formula is C26H25N3O3. The molecule has 0 unspecified atom stereocenters. The topological polar surface area (TPSA) is 80.3 Å². The molecule has 0 radical (unpaired) electrons. The average molecular weight is 428 g/mol. The van der Waals surface area contributed by atoms with E-state index in [1.54, 1.807) is 12.3 Å². The van der Waals surface area contributed by atoms with Crippen LogP contribution in [0.15, 0.2) is 79.0 Å². The number of rotatable bonds is 9. The van der Waals surface area contributed by atoms with Crippen LogP contribution in [-0.4, -0.2) is 16.8 Å². The van der Waals surface area contributed by atoms with Gasteiger partial charge in [-0.05, 0) is 66.4 Å². The highest BCUT2D eigenvalue weighted by Gasteiger charge is 2.29. The predicted octanol–water partition coefficient (Wildman–Crippen LogP) is 4.34. The summed E-state index contributed by atoms with van der Waals surface area (Å²) in [5, 5.41) is 5.79. The van der Waals surface area contributed by atoms with Gasteiger partial charge in [-0.15, -0.1) is 0 Å². The van der Waals surface area contributed by atoms with Gasteiger partial charge in [-0.2, -0.15) is 0 Å². The number of anilines is 1. The van der Waals surface area contributed by atoms with Crippen molar-refractivity contribution in [2.45, 2.75) is 26.0 Å². The Bertz CT molecular complexity index is 1090. The SMILES string of the molecule is O=C(C=Cc1ccc(OCc2ccccn2)cc1)NCc1cccc(NC(=O)C2CC2)c1. The Morgan fingerprint density at radius 3 is 2.62 bits per heavy atom. The van der Waals surface area contributed by atoms with Crippen molar-refractivity contribution in [3.8, 4) is 5.75 Å². The molecule has 1 aliphatic carbocycles. The Labute approximate surface area is 187 Å². The molecule has 3 aromatic rings. The molecule has 0 saturated heterocycles. The maximum atomic E-state index is 12.2. The highest BCUT2D eigenvalue weighted by atomic mass is 16.5. The molecule has 162 valence electrons. The maximum absolute atomic E-state index is 12.2. The van der Waals surface area contributed by atoms with Gasteiger partial charge in [0.05, 0.1) is 5.69 Å². The number of aromatic nitrogens is 1. The van der Waals surface area contributed by atoms with Gasteiger partial charge in [0.25, 0.3) is 0 Å². The molecule has 0 bridgehead atoms. The van der Waals surface area contributed by atoms with Gasteiger partial charge in [-0.25, -0.2) is 0 Å². The van der Waals surface area contributed by atoms with Crippen molar-refractivity contribution < 1.29 is 14.3 Å². The normalized spacial score (nSPS) is 13.0.